The zero-order valence-electron chi connectivity index (χ0n) is 14.8. The minimum absolute atomic E-state index is 0.0284. The fraction of sp³-hybridized carbons (Fsp3) is 0.474. The van der Waals surface area contributed by atoms with Gasteiger partial charge in [-0.1, -0.05) is 12.1 Å². The smallest absolute Gasteiger partial charge is 0.223 e. The second-order valence-corrected chi connectivity index (χ2v) is 6.39. The van der Waals surface area contributed by atoms with Crippen molar-refractivity contribution in [1.82, 2.24) is 14.5 Å². The molecule has 1 aliphatic heterocycles. The summed E-state index contributed by atoms with van der Waals surface area (Å²) in [5.41, 5.74) is 3.14. The first-order valence-electron chi connectivity index (χ1n) is 8.73. The molecule has 3 rings (SSSR count). The predicted molar refractivity (Wildman–Crippen MR) is 94.3 cm³/mol. The largest absolute Gasteiger partial charge is 0.494 e. The van der Waals surface area contributed by atoms with Crippen molar-refractivity contribution in [1.29, 1.82) is 0 Å². The van der Waals surface area contributed by atoms with Gasteiger partial charge >= 0.3 is 0 Å². The van der Waals surface area contributed by atoms with Gasteiger partial charge in [-0.05, 0) is 31.0 Å². The van der Waals surface area contributed by atoms with Crippen LogP contribution in [-0.4, -0.2) is 44.7 Å². The van der Waals surface area contributed by atoms with Gasteiger partial charge in [-0.25, -0.2) is 4.98 Å². The number of rotatable bonds is 6. The third-order valence-corrected chi connectivity index (χ3v) is 4.73. The second-order valence-electron chi connectivity index (χ2n) is 6.39. The van der Waals surface area contributed by atoms with Gasteiger partial charge < -0.3 is 19.3 Å². The second kappa shape index (κ2) is 7.70. The number of aliphatic hydroxyl groups excluding tert-OH is 1. The van der Waals surface area contributed by atoms with E-state index in [9.17, 15) is 9.90 Å². The average molecular weight is 343 g/mol. The van der Waals surface area contributed by atoms with E-state index in [1.54, 1.807) is 11.2 Å². The van der Waals surface area contributed by atoms with E-state index in [-0.39, 0.29) is 18.6 Å². The molecule has 25 heavy (non-hydrogen) atoms. The highest BCUT2D eigenvalue weighted by Crippen LogP contribution is 2.23. The van der Waals surface area contributed by atoms with Crippen LogP contribution in [0.1, 0.15) is 30.3 Å². The minimum atomic E-state index is -0.171. The number of benzene rings is 1. The minimum Gasteiger partial charge on any atom is -0.494 e. The van der Waals surface area contributed by atoms with E-state index in [2.05, 4.69) is 4.98 Å². The first-order valence-corrected chi connectivity index (χ1v) is 8.73. The van der Waals surface area contributed by atoms with Crippen LogP contribution in [0, 0.1) is 0 Å². The first kappa shape index (κ1) is 17.5. The lowest BCUT2D eigenvalue weighted by molar-refractivity contribution is -0.135. The van der Waals surface area contributed by atoms with E-state index in [1.807, 2.05) is 42.8 Å². The number of aliphatic hydroxyl groups is 1. The highest BCUT2D eigenvalue weighted by molar-refractivity contribution is 5.77. The van der Waals surface area contributed by atoms with Crippen molar-refractivity contribution >= 4 is 5.91 Å². The monoisotopic (exact) mass is 343 g/mol. The Morgan fingerprint density at radius 3 is 2.80 bits per heavy atom. The van der Waals surface area contributed by atoms with Crippen molar-refractivity contribution in [2.45, 2.75) is 38.8 Å². The molecule has 6 heteroatoms. The topological polar surface area (TPSA) is 67.6 Å². The summed E-state index contributed by atoms with van der Waals surface area (Å²) in [6, 6.07) is 7.68. The summed E-state index contributed by atoms with van der Waals surface area (Å²) in [5.74, 6) is 0.904. The predicted octanol–water partition coefficient (Wildman–Crippen LogP) is 1.70. The van der Waals surface area contributed by atoms with Crippen LogP contribution in [0.3, 0.4) is 0 Å². The van der Waals surface area contributed by atoms with E-state index < -0.39 is 0 Å². The molecule has 6 nitrogen and oxygen atoms in total. The normalized spacial score (nSPS) is 16.6. The molecular weight excluding hydrogens is 318 g/mol. The maximum atomic E-state index is 12.7. The number of nitrogens with zero attached hydrogens (tertiary/aromatic N) is 3. The van der Waals surface area contributed by atoms with Crippen molar-refractivity contribution < 1.29 is 14.6 Å². The molecule has 0 spiro atoms. The fourth-order valence-electron chi connectivity index (χ4n) is 3.29. The summed E-state index contributed by atoms with van der Waals surface area (Å²) in [6.45, 7) is 3.05. The highest BCUT2D eigenvalue weighted by Gasteiger charge is 2.31. The van der Waals surface area contributed by atoms with Gasteiger partial charge in [0.1, 0.15) is 5.75 Å². The molecule has 0 saturated carbocycles. The third kappa shape index (κ3) is 3.85. The standard InChI is InChI=1S/C19H25N3O3/c1-3-25-16-7-4-14(5-8-16)6-9-19(24)22-11-17-18(10-15(22)12-23)21(2)13-20-17/h4-5,7-8,13,15,23H,3,6,9-12H2,1-2H3/t15-/m0/s1. The molecule has 1 aromatic carbocycles. The van der Waals surface area contributed by atoms with Gasteiger partial charge in [-0.15, -0.1) is 0 Å². The van der Waals surface area contributed by atoms with Crippen LogP contribution in [0.15, 0.2) is 30.6 Å². The number of carbonyl (C=O) groups is 1. The number of aryl methyl sites for hydroxylation is 2. The molecule has 0 saturated heterocycles. The summed E-state index contributed by atoms with van der Waals surface area (Å²) in [7, 11) is 1.95. The molecule has 0 fully saturated rings. The van der Waals surface area contributed by atoms with E-state index in [0.717, 1.165) is 22.7 Å². The Morgan fingerprint density at radius 1 is 1.36 bits per heavy atom. The summed E-state index contributed by atoms with van der Waals surface area (Å²) >= 11 is 0. The highest BCUT2D eigenvalue weighted by atomic mass is 16.5. The molecule has 1 N–H and O–H groups in total. The molecule has 1 aromatic heterocycles. The lowest BCUT2D eigenvalue weighted by Crippen LogP contribution is -2.46. The zero-order chi connectivity index (χ0) is 17.8. The first-order chi connectivity index (χ1) is 12.1. The molecule has 0 bridgehead atoms. The third-order valence-electron chi connectivity index (χ3n) is 4.73. The maximum Gasteiger partial charge on any atom is 0.223 e. The molecule has 1 atom stereocenters. The van der Waals surface area contributed by atoms with Crippen LogP contribution in [0.2, 0.25) is 0 Å². The number of ether oxygens (including phenoxy) is 1. The summed E-state index contributed by atoms with van der Waals surface area (Å²) < 4.78 is 7.41. The van der Waals surface area contributed by atoms with Crippen LogP contribution >= 0.6 is 0 Å². The van der Waals surface area contributed by atoms with Gasteiger partial charge in [0, 0.05) is 25.6 Å². The van der Waals surface area contributed by atoms with E-state index in [4.69, 9.17) is 4.74 Å². The number of carbonyl (C=O) groups excluding carboxylic acids is 1. The van der Waals surface area contributed by atoms with Gasteiger partial charge in [0.05, 0.1) is 37.8 Å². The molecule has 0 unspecified atom stereocenters. The molecule has 2 aromatic rings. The Balaban J connectivity index is 1.62. The number of hydrogen-bond acceptors (Lipinski definition) is 4. The van der Waals surface area contributed by atoms with Gasteiger partial charge in [-0.2, -0.15) is 0 Å². The van der Waals surface area contributed by atoms with Crippen LogP contribution in [0.25, 0.3) is 0 Å². The number of imidazole rings is 1. The van der Waals surface area contributed by atoms with E-state index in [0.29, 0.717) is 32.4 Å². The molecule has 134 valence electrons. The average Bonchev–Trinajstić information content (AvgIpc) is 3.00. The summed E-state index contributed by atoms with van der Waals surface area (Å²) in [6.07, 6.45) is 3.52. The van der Waals surface area contributed by atoms with Crippen LogP contribution < -0.4 is 4.74 Å². The Labute approximate surface area is 148 Å². The Morgan fingerprint density at radius 2 is 2.12 bits per heavy atom. The SMILES string of the molecule is CCOc1ccc(CCC(=O)N2Cc3ncn(C)c3C[C@H]2CO)cc1. The maximum absolute atomic E-state index is 12.7. The van der Waals surface area contributed by atoms with Crippen molar-refractivity contribution in [3.63, 3.8) is 0 Å². The number of fused-ring (bicyclic) bond motifs is 1. The zero-order valence-corrected chi connectivity index (χ0v) is 14.8. The summed E-state index contributed by atoms with van der Waals surface area (Å²) in [5, 5.41) is 9.69. The molecular formula is C19H25N3O3. The van der Waals surface area contributed by atoms with Gasteiger partial charge in [0.25, 0.3) is 0 Å². The van der Waals surface area contributed by atoms with Crippen molar-refractivity contribution in [2.75, 3.05) is 13.2 Å². The Bertz CT molecular complexity index is 724. The van der Waals surface area contributed by atoms with Crippen LogP contribution in [0.5, 0.6) is 5.75 Å². The lowest BCUT2D eigenvalue weighted by atomic mass is 10.0. The molecule has 1 amide bonds. The van der Waals surface area contributed by atoms with Gasteiger partial charge in [0.15, 0.2) is 0 Å². The number of hydrogen-bond donors (Lipinski definition) is 1. The van der Waals surface area contributed by atoms with E-state index in [1.165, 1.54) is 0 Å². The Hall–Kier alpha value is -2.34. The molecule has 1 aliphatic rings. The fourth-order valence-corrected chi connectivity index (χ4v) is 3.29. The Kier molecular flexibility index (Phi) is 5.38. The van der Waals surface area contributed by atoms with Crippen LogP contribution in [0.4, 0.5) is 0 Å². The van der Waals surface area contributed by atoms with Crippen molar-refractivity contribution in [2.24, 2.45) is 7.05 Å². The van der Waals surface area contributed by atoms with Gasteiger partial charge in [-0.3, -0.25) is 4.79 Å². The lowest BCUT2D eigenvalue weighted by Gasteiger charge is -2.34. The van der Waals surface area contributed by atoms with Gasteiger partial charge in [0.2, 0.25) is 5.91 Å². The molecule has 0 radical (unpaired) electrons. The molecule has 0 aliphatic carbocycles. The van der Waals surface area contributed by atoms with Crippen molar-refractivity contribution in [3.05, 3.63) is 47.5 Å². The van der Waals surface area contributed by atoms with Crippen LogP contribution in [-0.2, 0) is 31.2 Å². The van der Waals surface area contributed by atoms with E-state index >= 15 is 0 Å². The quantitative estimate of drug-likeness (QED) is 0.867. The number of aromatic nitrogens is 2. The number of amides is 1. The van der Waals surface area contributed by atoms with Crippen molar-refractivity contribution in [3.8, 4) is 5.75 Å². The molecule has 2 heterocycles. The summed E-state index contributed by atoms with van der Waals surface area (Å²) in [4.78, 5) is 18.8.